The Balaban J connectivity index is 1.84. The van der Waals surface area contributed by atoms with Crippen molar-refractivity contribution in [3.63, 3.8) is 0 Å². The monoisotopic (exact) mass is 338 g/mol. The molecule has 7 heteroatoms. The Morgan fingerprint density at radius 1 is 1.21 bits per heavy atom. The minimum Gasteiger partial charge on any atom is -0.479 e. The van der Waals surface area contributed by atoms with Crippen molar-refractivity contribution in [2.45, 2.75) is 63.4 Å². The van der Waals surface area contributed by atoms with Crippen LogP contribution in [0.2, 0.25) is 0 Å². The van der Waals surface area contributed by atoms with Gasteiger partial charge in [0.1, 0.15) is 18.3 Å². The molecule has 132 valence electrons. The van der Waals surface area contributed by atoms with Crippen molar-refractivity contribution >= 4 is 5.97 Å². The first-order chi connectivity index (χ1) is 11.2. The van der Waals surface area contributed by atoms with Gasteiger partial charge < -0.3 is 29.2 Å². The summed E-state index contributed by atoms with van der Waals surface area (Å²) in [5.41, 5.74) is 0.906. The number of aliphatic carboxylic acids is 1. The summed E-state index contributed by atoms with van der Waals surface area (Å²) in [5.74, 6) is -3.56. The first-order valence-corrected chi connectivity index (χ1v) is 7.84. The van der Waals surface area contributed by atoms with Crippen molar-refractivity contribution in [3.8, 4) is 0 Å². The molecule has 0 radical (unpaired) electrons. The fourth-order valence-corrected chi connectivity index (χ4v) is 3.26. The van der Waals surface area contributed by atoms with Gasteiger partial charge in [-0.25, -0.2) is 4.79 Å². The Morgan fingerprint density at radius 3 is 2.50 bits per heavy atom. The van der Waals surface area contributed by atoms with E-state index in [1.165, 1.54) is 0 Å². The molecule has 0 spiro atoms. The highest BCUT2D eigenvalue weighted by molar-refractivity contribution is 5.73. The quantitative estimate of drug-likeness (QED) is 0.854. The Kier molecular flexibility index (Phi) is 4.39. The number of fused-ring (bicyclic) bond motifs is 1. The van der Waals surface area contributed by atoms with Gasteiger partial charge in [0.05, 0.1) is 6.61 Å². The minimum absolute atomic E-state index is 0.214. The van der Waals surface area contributed by atoms with Crippen LogP contribution in [0.3, 0.4) is 0 Å². The summed E-state index contributed by atoms with van der Waals surface area (Å²) in [6.07, 6.45) is -4.47. The summed E-state index contributed by atoms with van der Waals surface area (Å²) in [6, 6.07) is 9.41. The Morgan fingerprint density at radius 2 is 1.88 bits per heavy atom. The van der Waals surface area contributed by atoms with E-state index in [4.69, 9.17) is 18.9 Å². The molecule has 0 saturated carbocycles. The molecule has 2 fully saturated rings. The third-order valence-electron chi connectivity index (χ3n) is 4.21. The average Bonchev–Trinajstić information content (AvgIpc) is 2.76. The van der Waals surface area contributed by atoms with Crippen LogP contribution >= 0.6 is 0 Å². The molecule has 2 N–H and O–H groups in total. The van der Waals surface area contributed by atoms with Crippen LogP contribution in [0, 0.1) is 0 Å². The first kappa shape index (κ1) is 17.3. The number of carboxylic acids is 1. The largest absolute Gasteiger partial charge is 0.479 e. The highest BCUT2D eigenvalue weighted by Gasteiger charge is 2.63. The fourth-order valence-electron chi connectivity index (χ4n) is 3.26. The van der Waals surface area contributed by atoms with Crippen molar-refractivity contribution in [2.75, 3.05) is 0 Å². The molecule has 0 aliphatic carbocycles. The Bertz CT molecular complexity index is 602. The van der Waals surface area contributed by atoms with E-state index >= 15 is 0 Å². The second-order valence-corrected chi connectivity index (χ2v) is 6.68. The Labute approximate surface area is 140 Å². The molecular formula is C17H22O7. The maximum absolute atomic E-state index is 11.4. The van der Waals surface area contributed by atoms with E-state index in [1.54, 1.807) is 20.8 Å². The van der Waals surface area contributed by atoms with E-state index in [2.05, 4.69) is 0 Å². The molecule has 24 heavy (non-hydrogen) atoms. The summed E-state index contributed by atoms with van der Waals surface area (Å²) in [7, 11) is 0. The molecule has 2 saturated heterocycles. The van der Waals surface area contributed by atoms with Gasteiger partial charge in [-0.3, -0.25) is 0 Å². The zero-order valence-electron chi connectivity index (χ0n) is 13.8. The molecule has 2 heterocycles. The Hall–Kier alpha value is -1.51. The van der Waals surface area contributed by atoms with Crippen LogP contribution in [0.4, 0.5) is 0 Å². The zero-order chi connectivity index (χ0) is 17.5. The predicted octanol–water partition coefficient (Wildman–Crippen LogP) is 1.28. The number of ether oxygens (including phenoxy) is 4. The van der Waals surface area contributed by atoms with Crippen molar-refractivity contribution in [1.82, 2.24) is 0 Å². The topological polar surface area (TPSA) is 94.5 Å². The lowest BCUT2D eigenvalue weighted by Crippen LogP contribution is -2.64. The van der Waals surface area contributed by atoms with Gasteiger partial charge in [-0.1, -0.05) is 30.3 Å². The summed E-state index contributed by atoms with van der Waals surface area (Å²) >= 11 is 0. The highest BCUT2D eigenvalue weighted by atomic mass is 16.9. The first-order valence-electron chi connectivity index (χ1n) is 7.84. The van der Waals surface area contributed by atoms with Gasteiger partial charge >= 0.3 is 5.97 Å². The maximum atomic E-state index is 11.4. The molecule has 0 unspecified atom stereocenters. The lowest BCUT2D eigenvalue weighted by atomic mass is 9.93. The van der Waals surface area contributed by atoms with Crippen LogP contribution in [-0.2, 0) is 30.3 Å². The van der Waals surface area contributed by atoms with Crippen LogP contribution in [0.1, 0.15) is 26.3 Å². The SMILES string of the molecule is CC1(C)O[C@@H]2[C@@H](OCc3ccccc3)[C@H](O)[C@H](C(=O)O)O[C@]2(C)O1. The number of hydrogen-bond donors (Lipinski definition) is 2. The number of carboxylic acid groups (broad SMARTS) is 1. The third-order valence-corrected chi connectivity index (χ3v) is 4.21. The van der Waals surface area contributed by atoms with Crippen molar-refractivity contribution in [1.29, 1.82) is 0 Å². The molecule has 2 aliphatic rings. The van der Waals surface area contributed by atoms with E-state index in [1.807, 2.05) is 30.3 Å². The molecule has 5 atom stereocenters. The number of carbonyl (C=O) groups is 1. The molecule has 3 rings (SSSR count). The van der Waals surface area contributed by atoms with Gasteiger partial charge in [-0.05, 0) is 26.3 Å². The van der Waals surface area contributed by atoms with Gasteiger partial charge in [0.15, 0.2) is 17.7 Å². The van der Waals surface area contributed by atoms with Gasteiger partial charge in [0.2, 0.25) is 0 Å². The smallest absolute Gasteiger partial charge is 0.335 e. The molecule has 7 nitrogen and oxygen atoms in total. The van der Waals surface area contributed by atoms with Crippen LogP contribution in [-0.4, -0.2) is 52.2 Å². The van der Waals surface area contributed by atoms with E-state index in [0.717, 1.165) is 5.56 Å². The molecule has 0 bridgehead atoms. The summed E-state index contributed by atoms with van der Waals surface area (Å²) in [5, 5.41) is 19.8. The van der Waals surface area contributed by atoms with Crippen LogP contribution < -0.4 is 0 Å². The van der Waals surface area contributed by atoms with Crippen LogP contribution in [0.15, 0.2) is 30.3 Å². The highest BCUT2D eigenvalue weighted by Crippen LogP contribution is 2.44. The zero-order valence-corrected chi connectivity index (χ0v) is 13.8. The molecule has 1 aromatic rings. The van der Waals surface area contributed by atoms with E-state index < -0.39 is 42.0 Å². The standard InChI is InChI=1S/C17H22O7/c1-16(2)23-14-12(21-9-10-7-5-4-6-8-10)11(18)13(15(19)20)22-17(14,3)24-16/h4-8,11-14,18H,9H2,1-3H3,(H,19,20)/t11-,12-,13+,14+,17+/m0/s1. The van der Waals surface area contributed by atoms with Crippen molar-refractivity contribution < 1.29 is 34.0 Å². The predicted molar refractivity (Wildman–Crippen MR) is 82.0 cm³/mol. The molecule has 1 aromatic carbocycles. The summed E-state index contributed by atoms with van der Waals surface area (Å²) in [4.78, 5) is 11.4. The molecule has 0 aromatic heterocycles. The summed E-state index contributed by atoms with van der Waals surface area (Å²) < 4.78 is 22.9. The molecular weight excluding hydrogens is 316 g/mol. The summed E-state index contributed by atoms with van der Waals surface area (Å²) in [6.45, 7) is 5.23. The van der Waals surface area contributed by atoms with Crippen LogP contribution in [0.5, 0.6) is 0 Å². The van der Waals surface area contributed by atoms with E-state index in [0.29, 0.717) is 0 Å². The second kappa shape index (κ2) is 6.09. The maximum Gasteiger partial charge on any atom is 0.335 e. The number of rotatable bonds is 4. The van der Waals surface area contributed by atoms with Gasteiger partial charge in [-0.15, -0.1) is 0 Å². The average molecular weight is 338 g/mol. The van der Waals surface area contributed by atoms with E-state index in [-0.39, 0.29) is 6.61 Å². The number of aliphatic hydroxyl groups is 1. The third kappa shape index (κ3) is 3.18. The number of aliphatic hydroxyl groups excluding tert-OH is 1. The number of benzene rings is 1. The van der Waals surface area contributed by atoms with Gasteiger partial charge in [0, 0.05) is 0 Å². The number of hydrogen-bond acceptors (Lipinski definition) is 6. The van der Waals surface area contributed by atoms with Crippen molar-refractivity contribution in [3.05, 3.63) is 35.9 Å². The molecule has 2 aliphatic heterocycles. The second-order valence-electron chi connectivity index (χ2n) is 6.68. The van der Waals surface area contributed by atoms with Crippen molar-refractivity contribution in [2.24, 2.45) is 0 Å². The lowest BCUT2D eigenvalue weighted by Gasteiger charge is -2.43. The molecule has 0 amide bonds. The fraction of sp³-hybridized carbons (Fsp3) is 0.588. The van der Waals surface area contributed by atoms with Gasteiger partial charge in [0.25, 0.3) is 0 Å². The van der Waals surface area contributed by atoms with E-state index in [9.17, 15) is 15.0 Å². The van der Waals surface area contributed by atoms with Gasteiger partial charge in [-0.2, -0.15) is 0 Å². The van der Waals surface area contributed by atoms with Crippen LogP contribution in [0.25, 0.3) is 0 Å². The minimum atomic E-state index is -1.45. The normalized spacial score (nSPS) is 37.8. The lowest BCUT2D eigenvalue weighted by molar-refractivity contribution is -0.312.